The second kappa shape index (κ2) is 11.1. The number of sulfonamides is 1. The van der Waals surface area contributed by atoms with Gasteiger partial charge in [-0.25, -0.2) is 17.5 Å². The molecule has 12 nitrogen and oxygen atoms in total. The third-order valence-corrected chi connectivity index (χ3v) is 7.84. The molecule has 0 radical (unpaired) electrons. The van der Waals surface area contributed by atoms with Gasteiger partial charge in [-0.2, -0.15) is 0 Å². The number of urea groups is 1. The van der Waals surface area contributed by atoms with Crippen molar-refractivity contribution in [2.45, 2.75) is 26.0 Å². The van der Waals surface area contributed by atoms with Gasteiger partial charge in [0.25, 0.3) is 5.91 Å². The van der Waals surface area contributed by atoms with Gasteiger partial charge in [0.1, 0.15) is 11.9 Å². The number of ether oxygens (including phenoxy) is 3. The highest BCUT2D eigenvalue weighted by Crippen LogP contribution is 2.34. The first kappa shape index (κ1) is 27.5. The van der Waals surface area contributed by atoms with Gasteiger partial charge in [-0.1, -0.05) is 6.92 Å². The van der Waals surface area contributed by atoms with Gasteiger partial charge in [-0.15, -0.1) is 0 Å². The van der Waals surface area contributed by atoms with E-state index in [-0.39, 0.29) is 49.6 Å². The number of aliphatic hydroxyl groups excluding tert-OH is 1. The zero-order valence-corrected chi connectivity index (χ0v) is 22.4. The Morgan fingerprint density at radius 3 is 2.42 bits per heavy atom. The number of aliphatic hydroxyl groups is 1. The Hall–Kier alpha value is -3.55. The molecule has 0 bridgehead atoms. The summed E-state index contributed by atoms with van der Waals surface area (Å²) in [6.07, 6.45) is 0.549. The van der Waals surface area contributed by atoms with Crippen molar-refractivity contribution in [2.24, 2.45) is 5.92 Å². The molecule has 2 aliphatic rings. The van der Waals surface area contributed by atoms with E-state index in [1.54, 1.807) is 37.3 Å². The third kappa shape index (κ3) is 6.11. The molecule has 0 spiro atoms. The van der Waals surface area contributed by atoms with Gasteiger partial charge in [0.2, 0.25) is 16.8 Å². The maximum absolute atomic E-state index is 13.5. The van der Waals surface area contributed by atoms with Crippen LogP contribution >= 0.6 is 0 Å². The van der Waals surface area contributed by atoms with Gasteiger partial charge in [0, 0.05) is 37.0 Å². The van der Waals surface area contributed by atoms with Crippen LogP contribution in [0.1, 0.15) is 24.2 Å². The maximum Gasteiger partial charge on any atom is 0.323 e. The van der Waals surface area contributed by atoms with Crippen LogP contribution < -0.4 is 24.8 Å². The van der Waals surface area contributed by atoms with E-state index in [2.05, 4.69) is 10.6 Å². The summed E-state index contributed by atoms with van der Waals surface area (Å²) in [6.45, 7) is 3.78. The van der Waals surface area contributed by atoms with Crippen LogP contribution in [0, 0.1) is 5.92 Å². The van der Waals surface area contributed by atoms with Gasteiger partial charge in [0.05, 0.1) is 31.0 Å². The van der Waals surface area contributed by atoms with Crippen LogP contribution in [0.2, 0.25) is 0 Å². The molecule has 3 atom stereocenters. The zero-order valence-electron chi connectivity index (χ0n) is 21.6. The first-order valence-electron chi connectivity index (χ1n) is 12.1. The van der Waals surface area contributed by atoms with Crippen molar-refractivity contribution in [2.75, 3.05) is 50.4 Å². The molecule has 2 heterocycles. The predicted octanol–water partition coefficient (Wildman–Crippen LogP) is 2.17. The first-order valence-corrected chi connectivity index (χ1v) is 13.9. The quantitative estimate of drug-likeness (QED) is 0.477. The van der Waals surface area contributed by atoms with Gasteiger partial charge >= 0.3 is 6.03 Å². The highest BCUT2D eigenvalue weighted by Gasteiger charge is 2.34. The average Bonchev–Trinajstić information content (AvgIpc) is 3.33. The normalized spacial score (nSPS) is 19.7. The van der Waals surface area contributed by atoms with Crippen LogP contribution in [-0.2, 0) is 10.0 Å². The van der Waals surface area contributed by atoms with Crippen LogP contribution in [0.15, 0.2) is 36.4 Å². The molecule has 2 aromatic carbocycles. The minimum absolute atomic E-state index is 0.0763. The molecule has 2 aromatic rings. The van der Waals surface area contributed by atoms with Gasteiger partial charge in [0.15, 0.2) is 11.5 Å². The Kier molecular flexibility index (Phi) is 7.99. The van der Waals surface area contributed by atoms with E-state index in [0.717, 1.165) is 6.26 Å². The molecule has 0 saturated carbocycles. The number of carbonyl (C=O) groups excluding carboxylic acids is 2. The zero-order chi connectivity index (χ0) is 27.6. The van der Waals surface area contributed by atoms with E-state index < -0.39 is 28.2 Å². The fraction of sp³-hybridized carbons (Fsp3) is 0.440. The summed E-state index contributed by atoms with van der Waals surface area (Å²) in [6, 6.07) is 8.64. The fourth-order valence-electron chi connectivity index (χ4n) is 4.17. The van der Waals surface area contributed by atoms with E-state index in [4.69, 9.17) is 14.2 Å². The largest absolute Gasteiger partial charge is 0.488 e. The average molecular weight is 549 g/mol. The highest BCUT2D eigenvalue weighted by molar-refractivity contribution is 7.88. The summed E-state index contributed by atoms with van der Waals surface area (Å²) >= 11 is 0. The van der Waals surface area contributed by atoms with Crippen molar-refractivity contribution in [3.05, 3.63) is 42.0 Å². The highest BCUT2D eigenvalue weighted by atomic mass is 32.2. The summed E-state index contributed by atoms with van der Waals surface area (Å²) in [4.78, 5) is 27.7. The number of fused-ring (bicyclic) bond motifs is 2. The molecule has 2 aliphatic heterocycles. The Labute approximate surface area is 221 Å². The predicted molar refractivity (Wildman–Crippen MR) is 140 cm³/mol. The SMILES string of the molecule is C[C@H](CO)N1C[C@H](C)[C@@H](CN(C)S(C)(=O)=O)Oc2ccc(NC(=O)Nc3ccc4c(c3)OCO4)cc2C1=O. The third-order valence-electron chi connectivity index (χ3n) is 6.56. The number of rotatable bonds is 7. The van der Waals surface area contributed by atoms with Crippen molar-refractivity contribution >= 4 is 33.3 Å². The van der Waals surface area contributed by atoms with E-state index >= 15 is 0 Å². The lowest BCUT2D eigenvalue weighted by Gasteiger charge is -2.38. The summed E-state index contributed by atoms with van der Waals surface area (Å²) in [5, 5.41) is 15.2. The van der Waals surface area contributed by atoms with Crippen molar-refractivity contribution in [1.82, 2.24) is 9.21 Å². The van der Waals surface area contributed by atoms with E-state index in [9.17, 15) is 23.1 Å². The van der Waals surface area contributed by atoms with Crippen LogP contribution in [0.4, 0.5) is 16.2 Å². The number of benzene rings is 2. The van der Waals surface area contributed by atoms with Gasteiger partial charge in [-0.05, 0) is 37.3 Å². The summed E-state index contributed by atoms with van der Waals surface area (Å²) in [5.41, 5.74) is 1.02. The summed E-state index contributed by atoms with van der Waals surface area (Å²) in [5.74, 6) is 0.757. The molecule has 0 aromatic heterocycles. The van der Waals surface area contributed by atoms with E-state index in [1.807, 2.05) is 6.92 Å². The van der Waals surface area contributed by atoms with Crippen LogP contribution in [-0.4, -0.2) is 86.6 Å². The Bertz CT molecular complexity index is 1320. The Balaban J connectivity index is 1.58. The van der Waals surface area contributed by atoms with Crippen molar-refractivity contribution in [3.8, 4) is 17.2 Å². The lowest BCUT2D eigenvalue weighted by atomic mass is 9.99. The molecular weight excluding hydrogens is 516 g/mol. The maximum atomic E-state index is 13.5. The number of nitrogens with zero attached hydrogens (tertiary/aromatic N) is 2. The van der Waals surface area contributed by atoms with Gasteiger partial charge < -0.3 is 34.9 Å². The molecule has 3 N–H and O–H groups in total. The summed E-state index contributed by atoms with van der Waals surface area (Å²) in [7, 11) is -1.99. The molecule has 4 rings (SSSR count). The molecule has 0 aliphatic carbocycles. The van der Waals surface area contributed by atoms with Crippen LogP contribution in [0.3, 0.4) is 0 Å². The number of hydrogen-bond acceptors (Lipinski definition) is 8. The van der Waals surface area contributed by atoms with E-state index in [0.29, 0.717) is 22.9 Å². The minimum atomic E-state index is -3.46. The fourth-order valence-corrected chi connectivity index (χ4v) is 4.59. The second-order valence-corrected chi connectivity index (χ2v) is 11.6. The molecule has 38 heavy (non-hydrogen) atoms. The monoisotopic (exact) mass is 548 g/mol. The lowest BCUT2D eigenvalue weighted by molar-refractivity contribution is 0.0387. The van der Waals surface area contributed by atoms with Gasteiger partial charge in [-0.3, -0.25) is 4.79 Å². The molecule has 0 saturated heterocycles. The number of hydrogen-bond donors (Lipinski definition) is 3. The van der Waals surface area contributed by atoms with Crippen molar-refractivity contribution < 1.29 is 37.3 Å². The van der Waals surface area contributed by atoms with Crippen LogP contribution in [0.5, 0.6) is 17.2 Å². The molecule has 3 amide bonds. The number of carbonyl (C=O) groups is 2. The van der Waals surface area contributed by atoms with Crippen molar-refractivity contribution in [3.63, 3.8) is 0 Å². The number of nitrogens with one attached hydrogen (secondary N) is 2. The smallest absolute Gasteiger partial charge is 0.323 e. The number of likely N-dealkylation sites (N-methyl/N-ethyl adjacent to an activating group) is 1. The molecule has 206 valence electrons. The Morgan fingerprint density at radius 2 is 1.76 bits per heavy atom. The Morgan fingerprint density at radius 1 is 1.13 bits per heavy atom. The molecule has 0 unspecified atom stereocenters. The second-order valence-electron chi connectivity index (χ2n) is 9.52. The van der Waals surface area contributed by atoms with Crippen molar-refractivity contribution in [1.29, 1.82) is 0 Å². The van der Waals surface area contributed by atoms with E-state index in [1.165, 1.54) is 22.3 Å². The topological polar surface area (TPSA) is 147 Å². The van der Waals surface area contributed by atoms with Crippen LogP contribution in [0.25, 0.3) is 0 Å². The lowest BCUT2D eigenvalue weighted by Crippen LogP contribution is -2.50. The summed E-state index contributed by atoms with van der Waals surface area (Å²) < 4.78 is 42.0. The number of anilines is 2. The minimum Gasteiger partial charge on any atom is -0.488 e. The molecular formula is C25H32N4O8S. The molecule has 13 heteroatoms. The first-order chi connectivity index (χ1) is 18.0. The number of amides is 3. The molecule has 0 fully saturated rings. The standard InChI is InChI=1S/C25H32N4O8S/c1-15-11-29(16(2)13-30)24(31)19-9-17(5-7-20(19)37-23(15)12-28(3)38(4,33)34)26-25(32)27-18-6-8-21-22(10-18)36-14-35-21/h5-10,15-16,23,30H,11-14H2,1-4H3,(H2,26,27,32)/t15-,16+,23+/m0/s1.